The average molecular weight is 255 g/mol. The lowest BCUT2D eigenvalue weighted by atomic mass is 9.92. The second-order valence-electron chi connectivity index (χ2n) is 5.45. The van der Waals surface area contributed by atoms with Gasteiger partial charge in [0.1, 0.15) is 0 Å². The normalized spacial score (nSPS) is 17.5. The maximum atomic E-state index is 8.52. The van der Waals surface area contributed by atoms with E-state index in [4.69, 9.17) is 5.26 Å². The summed E-state index contributed by atoms with van der Waals surface area (Å²) in [5.74, 6) is 1.54. The molecule has 0 radical (unpaired) electrons. The number of hydrogen-bond acceptors (Lipinski definition) is 1. The summed E-state index contributed by atoms with van der Waals surface area (Å²) in [5, 5.41) is 8.52. The SMILES string of the molecule is CC(C)c1ccc(C#N)cc1.CCC1CC=CCC1. The number of allylic oxidation sites excluding steroid dienone is 2. The summed E-state index contributed by atoms with van der Waals surface area (Å²) in [4.78, 5) is 0. The van der Waals surface area contributed by atoms with Crippen LogP contribution in [0.2, 0.25) is 0 Å². The van der Waals surface area contributed by atoms with E-state index >= 15 is 0 Å². The molecule has 1 heteroatoms. The number of nitrogens with zero attached hydrogens (tertiary/aromatic N) is 1. The molecule has 0 aliphatic heterocycles. The van der Waals surface area contributed by atoms with E-state index in [0.717, 1.165) is 11.5 Å². The molecule has 0 heterocycles. The van der Waals surface area contributed by atoms with Gasteiger partial charge in [0.2, 0.25) is 0 Å². The smallest absolute Gasteiger partial charge is 0.0991 e. The van der Waals surface area contributed by atoms with E-state index in [2.05, 4.69) is 39.0 Å². The van der Waals surface area contributed by atoms with Crippen LogP contribution in [0.15, 0.2) is 36.4 Å². The topological polar surface area (TPSA) is 23.8 Å². The Hall–Kier alpha value is -1.55. The summed E-state index contributed by atoms with van der Waals surface area (Å²) < 4.78 is 0. The summed E-state index contributed by atoms with van der Waals surface area (Å²) in [5.41, 5.74) is 2.01. The molecule has 0 N–H and O–H groups in total. The molecule has 1 unspecified atom stereocenters. The first-order chi connectivity index (χ1) is 9.17. The van der Waals surface area contributed by atoms with E-state index in [9.17, 15) is 0 Å². The van der Waals surface area contributed by atoms with Crippen LogP contribution in [0, 0.1) is 17.2 Å². The van der Waals surface area contributed by atoms with Gasteiger partial charge in [-0.1, -0.05) is 51.5 Å². The fraction of sp³-hybridized carbons (Fsp3) is 0.500. The van der Waals surface area contributed by atoms with Crippen LogP contribution in [0.5, 0.6) is 0 Å². The van der Waals surface area contributed by atoms with Crippen LogP contribution in [-0.2, 0) is 0 Å². The summed E-state index contributed by atoms with van der Waals surface area (Å²) in [6, 6.07) is 9.81. The van der Waals surface area contributed by atoms with Crippen LogP contribution in [0.3, 0.4) is 0 Å². The Balaban J connectivity index is 0.000000200. The lowest BCUT2D eigenvalue weighted by molar-refractivity contribution is 0.465. The minimum atomic E-state index is 0.544. The Bertz CT molecular complexity index is 420. The first-order valence-electron chi connectivity index (χ1n) is 7.32. The van der Waals surface area contributed by atoms with Crippen LogP contribution in [0.4, 0.5) is 0 Å². The molecule has 1 atom stereocenters. The van der Waals surface area contributed by atoms with E-state index in [0.29, 0.717) is 5.92 Å². The second kappa shape index (κ2) is 8.53. The first kappa shape index (κ1) is 15.5. The minimum Gasteiger partial charge on any atom is -0.192 e. The second-order valence-corrected chi connectivity index (χ2v) is 5.45. The molecule has 102 valence electrons. The van der Waals surface area contributed by atoms with Gasteiger partial charge in [0.05, 0.1) is 11.6 Å². The van der Waals surface area contributed by atoms with E-state index in [1.165, 1.54) is 31.2 Å². The quantitative estimate of drug-likeness (QED) is 0.646. The molecular formula is C18H25N. The molecule has 0 aromatic heterocycles. The molecule has 1 aromatic carbocycles. The zero-order valence-corrected chi connectivity index (χ0v) is 12.4. The van der Waals surface area contributed by atoms with Gasteiger partial charge in [0, 0.05) is 0 Å². The molecule has 2 rings (SSSR count). The van der Waals surface area contributed by atoms with E-state index in [1.807, 2.05) is 24.3 Å². The van der Waals surface area contributed by atoms with Gasteiger partial charge >= 0.3 is 0 Å². The highest BCUT2D eigenvalue weighted by molar-refractivity contribution is 5.32. The largest absolute Gasteiger partial charge is 0.192 e. The Kier molecular flexibility index (Phi) is 6.97. The molecule has 1 aromatic rings. The molecule has 0 bridgehead atoms. The Morgan fingerprint density at radius 1 is 1.21 bits per heavy atom. The van der Waals surface area contributed by atoms with E-state index in [1.54, 1.807) is 0 Å². The average Bonchev–Trinajstić information content (AvgIpc) is 2.48. The monoisotopic (exact) mass is 255 g/mol. The van der Waals surface area contributed by atoms with E-state index < -0.39 is 0 Å². The summed E-state index contributed by atoms with van der Waals surface area (Å²) in [7, 11) is 0. The molecular weight excluding hydrogens is 230 g/mol. The molecule has 0 spiro atoms. The fourth-order valence-electron chi connectivity index (χ4n) is 2.17. The van der Waals surface area contributed by atoms with Crippen molar-refractivity contribution >= 4 is 0 Å². The number of hydrogen-bond donors (Lipinski definition) is 0. The van der Waals surface area contributed by atoms with Gasteiger partial charge < -0.3 is 0 Å². The third-order valence-corrected chi connectivity index (χ3v) is 3.66. The molecule has 0 amide bonds. The highest BCUT2D eigenvalue weighted by Crippen LogP contribution is 2.20. The molecule has 1 nitrogen and oxygen atoms in total. The molecule has 1 aliphatic carbocycles. The number of benzene rings is 1. The van der Waals surface area contributed by atoms with Gasteiger partial charge in [-0.25, -0.2) is 0 Å². The van der Waals surface area contributed by atoms with Crippen molar-refractivity contribution in [1.29, 1.82) is 5.26 Å². The lowest BCUT2D eigenvalue weighted by Gasteiger charge is -2.13. The van der Waals surface area contributed by atoms with Crippen molar-refractivity contribution in [1.82, 2.24) is 0 Å². The standard InChI is InChI=1S/C10H11N.C8H14/c1-8(2)10-5-3-9(7-11)4-6-10;1-2-8-6-4-3-5-7-8/h3-6,8H,1-2H3;3-4,8H,2,5-7H2,1H3. The Morgan fingerprint density at radius 2 is 1.89 bits per heavy atom. The lowest BCUT2D eigenvalue weighted by Crippen LogP contribution is -1.99. The highest BCUT2D eigenvalue weighted by Gasteiger charge is 2.05. The molecule has 1 aliphatic rings. The van der Waals surface area contributed by atoms with Crippen LogP contribution in [-0.4, -0.2) is 0 Å². The van der Waals surface area contributed by atoms with Gasteiger partial charge in [-0.15, -0.1) is 0 Å². The molecule has 0 saturated carbocycles. The van der Waals surface area contributed by atoms with Gasteiger partial charge in [0.15, 0.2) is 0 Å². The van der Waals surface area contributed by atoms with Crippen molar-refractivity contribution in [3.63, 3.8) is 0 Å². The van der Waals surface area contributed by atoms with Crippen molar-refractivity contribution in [2.75, 3.05) is 0 Å². The van der Waals surface area contributed by atoms with Crippen LogP contribution >= 0.6 is 0 Å². The van der Waals surface area contributed by atoms with Crippen molar-refractivity contribution in [3.05, 3.63) is 47.5 Å². The van der Waals surface area contributed by atoms with Crippen molar-refractivity contribution in [3.8, 4) is 6.07 Å². The number of nitriles is 1. The third-order valence-electron chi connectivity index (χ3n) is 3.66. The molecule has 19 heavy (non-hydrogen) atoms. The van der Waals surface area contributed by atoms with Gasteiger partial charge in [-0.05, 0) is 48.8 Å². The van der Waals surface area contributed by atoms with Crippen LogP contribution in [0.25, 0.3) is 0 Å². The van der Waals surface area contributed by atoms with E-state index in [-0.39, 0.29) is 0 Å². The van der Waals surface area contributed by atoms with Crippen molar-refractivity contribution in [2.45, 2.75) is 52.4 Å². The molecule has 0 saturated heterocycles. The minimum absolute atomic E-state index is 0.544. The van der Waals surface area contributed by atoms with Crippen molar-refractivity contribution < 1.29 is 0 Å². The van der Waals surface area contributed by atoms with Crippen LogP contribution in [0.1, 0.15) is 63.5 Å². The highest BCUT2D eigenvalue weighted by atomic mass is 14.2. The Morgan fingerprint density at radius 3 is 2.26 bits per heavy atom. The number of rotatable bonds is 2. The predicted octanol–water partition coefficient (Wildman–Crippen LogP) is 5.43. The molecule has 0 fully saturated rings. The predicted molar refractivity (Wildman–Crippen MR) is 82.0 cm³/mol. The summed E-state index contributed by atoms with van der Waals surface area (Å²) in [6.45, 7) is 6.56. The van der Waals surface area contributed by atoms with Gasteiger partial charge in [0.25, 0.3) is 0 Å². The summed E-state index contributed by atoms with van der Waals surface area (Å²) >= 11 is 0. The third kappa shape index (κ3) is 5.75. The van der Waals surface area contributed by atoms with Crippen LogP contribution < -0.4 is 0 Å². The van der Waals surface area contributed by atoms with Gasteiger partial charge in [-0.2, -0.15) is 5.26 Å². The first-order valence-corrected chi connectivity index (χ1v) is 7.32. The fourth-order valence-corrected chi connectivity index (χ4v) is 2.17. The van der Waals surface area contributed by atoms with Gasteiger partial charge in [-0.3, -0.25) is 0 Å². The summed E-state index contributed by atoms with van der Waals surface area (Å²) in [6.07, 6.45) is 10.1. The Labute approximate surface area is 118 Å². The maximum Gasteiger partial charge on any atom is 0.0991 e. The zero-order chi connectivity index (χ0) is 14.1. The maximum absolute atomic E-state index is 8.52. The van der Waals surface area contributed by atoms with Crippen molar-refractivity contribution in [2.24, 2.45) is 5.92 Å². The zero-order valence-electron chi connectivity index (χ0n) is 12.4.